The molecule has 1 atom stereocenters. The number of aryl methyl sites for hydroxylation is 2. The van der Waals surface area contributed by atoms with E-state index in [-0.39, 0.29) is 0 Å². The maximum atomic E-state index is 13.2. The van der Waals surface area contributed by atoms with Crippen LogP contribution in [0.25, 0.3) is 21.8 Å². The summed E-state index contributed by atoms with van der Waals surface area (Å²) >= 11 is 0. The first-order valence-corrected chi connectivity index (χ1v) is 15.4. The van der Waals surface area contributed by atoms with E-state index in [1.807, 2.05) is 69.4 Å². The van der Waals surface area contributed by atoms with E-state index in [9.17, 15) is 4.79 Å². The van der Waals surface area contributed by atoms with E-state index in [0.717, 1.165) is 58.4 Å². The average molecular weight is 605 g/mol. The molecule has 1 amide bonds. The predicted molar refractivity (Wildman–Crippen MR) is 177 cm³/mol. The molecule has 0 aliphatic heterocycles. The Morgan fingerprint density at radius 1 is 0.889 bits per heavy atom. The van der Waals surface area contributed by atoms with Gasteiger partial charge >= 0.3 is 6.09 Å². The van der Waals surface area contributed by atoms with Gasteiger partial charge in [-0.2, -0.15) is 0 Å². The number of para-hydroxylation sites is 2. The van der Waals surface area contributed by atoms with Crippen LogP contribution in [0.5, 0.6) is 5.75 Å². The second-order valence-corrected chi connectivity index (χ2v) is 12.4. The summed E-state index contributed by atoms with van der Waals surface area (Å²) in [7, 11) is 1.67. The van der Waals surface area contributed by atoms with Gasteiger partial charge in [-0.3, -0.25) is 0 Å². The van der Waals surface area contributed by atoms with Gasteiger partial charge in [0, 0.05) is 47.0 Å². The molecule has 9 nitrogen and oxygen atoms in total. The molecule has 3 N–H and O–H groups in total. The van der Waals surface area contributed by atoms with Gasteiger partial charge in [-0.15, -0.1) is 10.2 Å². The molecule has 6 aromatic rings. The van der Waals surface area contributed by atoms with Crippen LogP contribution in [0.2, 0.25) is 0 Å². The molecule has 0 fully saturated rings. The first-order valence-electron chi connectivity index (χ1n) is 15.4. The number of fused-ring (bicyclic) bond motifs is 2. The number of carbonyl (C=O) groups excluding carboxylic acids is 1. The van der Waals surface area contributed by atoms with Crippen molar-refractivity contribution in [2.24, 2.45) is 0 Å². The third-order valence-corrected chi connectivity index (χ3v) is 7.95. The van der Waals surface area contributed by atoms with Gasteiger partial charge in [0.25, 0.3) is 0 Å². The Morgan fingerprint density at radius 3 is 2.29 bits per heavy atom. The number of nitrogens with one attached hydrogen (secondary N) is 3. The molecule has 3 aromatic heterocycles. The van der Waals surface area contributed by atoms with Crippen LogP contribution < -0.4 is 10.1 Å². The third-order valence-electron chi connectivity index (χ3n) is 7.95. The van der Waals surface area contributed by atoms with Crippen LogP contribution in [0.4, 0.5) is 4.79 Å². The second-order valence-electron chi connectivity index (χ2n) is 12.4. The molecule has 3 heterocycles. The summed E-state index contributed by atoms with van der Waals surface area (Å²) in [4.78, 5) is 19.9. The van der Waals surface area contributed by atoms with Crippen LogP contribution in [0.1, 0.15) is 61.6 Å². The molecule has 0 saturated heterocycles. The molecule has 232 valence electrons. The standard InChI is InChI=1S/C36H40N6O3/c1-36(2,3)45-35(43)39-32(20-26-22-38-31-17-8-6-15-29(26)31)34-41-40-33(42(34)23-24-11-9-13-27(19-24)44-4)18-10-12-25-21-37-30-16-7-5-14-28(25)30/h5-9,11,13-17,19,21-22,32,37-38H,10,12,18,20,23H2,1-4H3,(H,39,43)/t32-/m1/s1. The molecule has 0 aliphatic rings. The van der Waals surface area contributed by atoms with Gasteiger partial charge in [-0.1, -0.05) is 48.5 Å². The highest BCUT2D eigenvalue weighted by atomic mass is 16.6. The van der Waals surface area contributed by atoms with E-state index in [1.54, 1.807) is 7.11 Å². The van der Waals surface area contributed by atoms with Crippen LogP contribution in [-0.2, 0) is 30.5 Å². The lowest BCUT2D eigenvalue weighted by molar-refractivity contribution is 0.0500. The molecule has 9 heteroatoms. The molecule has 0 aliphatic carbocycles. The number of hydrogen-bond acceptors (Lipinski definition) is 5. The van der Waals surface area contributed by atoms with Crippen molar-refractivity contribution in [3.05, 3.63) is 114 Å². The molecule has 3 aromatic carbocycles. The number of benzene rings is 3. The largest absolute Gasteiger partial charge is 0.497 e. The van der Waals surface area contributed by atoms with Gasteiger partial charge in [0.2, 0.25) is 0 Å². The Bertz CT molecular complexity index is 1910. The minimum absolute atomic E-state index is 0.487. The fraction of sp³-hybridized carbons (Fsp3) is 0.306. The number of hydrogen-bond donors (Lipinski definition) is 3. The van der Waals surface area contributed by atoms with Crippen molar-refractivity contribution in [2.45, 2.75) is 64.6 Å². The maximum absolute atomic E-state index is 13.2. The van der Waals surface area contributed by atoms with Gasteiger partial charge in [-0.25, -0.2) is 4.79 Å². The zero-order chi connectivity index (χ0) is 31.4. The van der Waals surface area contributed by atoms with E-state index in [4.69, 9.17) is 19.7 Å². The topological polar surface area (TPSA) is 110 Å². The first kappa shape index (κ1) is 30.0. The summed E-state index contributed by atoms with van der Waals surface area (Å²) in [6.07, 6.45) is 6.63. The van der Waals surface area contributed by atoms with Crippen LogP contribution >= 0.6 is 0 Å². The second kappa shape index (κ2) is 12.9. The average Bonchev–Trinajstić information content (AvgIpc) is 3.74. The summed E-state index contributed by atoms with van der Waals surface area (Å²) < 4.78 is 13.4. The van der Waals surface area contributed by atoms with Crippen molar-refractivity contribution in [1.82, 2.24) is 30.0 Å². The number of rotatable bonds is 11. The van der Waals surface area contributed by atoms with Crippen molar-refractivity contribution in [3.8, 4) is 5.75 Å². The molecular weight excluding hydrogens is 564 g/mol. The van der Waals surface area contributed by atoms with E-state index < -0.39 is 17.7 Å². The van der Waals surface area contributed by atoms with Gasteiger partial charge < -0.3 is 29.3 Å². The van der Waals surface area contributed by atoms with E-state index in [2.05, 4.69) is 56.4 Å². The Morgan fingerprint density at radius 2 is 1.58 bits per heavy atom. The number of methoxy groups -OCH3 is 1. The van der Waals surface area contributed by atoms with Crippen molar-refractivity contribution in [3.63, 3.8) is 0 Å². The number of aromatic nitrogens is 5. The lowest BCUT2D eigenvalue weighted by Crippen LogP contribution is -2.37. The molecular formula is C36H40N6O3. The van der Waals surface area contributed by atoms with Crippen molar-refractivity contribution >= 4 is 27.9 Å². The smallest absolute Gasteiger partial charge is 0.408 e. The minimum atomic E-state index is -0.642. The highest BCUT2D eigenvalue weighted by Crippen LogP contribution is 2.27. The molecule has 0 bridgehead atoms. The predicted octanol–water partition coefficient (Wildman–Crippen LogP) is 7.28. The summed E-state index contributed by atoms with van der Waals surface area (Å²) in [5, 5.41) is 14.9. The Labute approximate surface area is 263 Å². The maximum Gasteiger partial charge on any atom is 0.408 e. The van der Waals surface area contributed by atoms with Gasteiger partial charge in [0.15, 0.2) is 5.82 Å². The number of nitrogens with zero attached hydrogens (tertiary/aromatic N) is 3. The highest BCUT2D eigenvalue weighted by Gasteiger charge is 2.27. The van der Waals surface area contributed by atoms with Gasteiger partial charge in [0.1, 0.15) is 17.2 Å². The van der Waals surface area contributed by atoms with E-state index in [1.165, 1.54) is 10.9 Å². The first-order chi connectivity index (χ1) is 21.8. The number of aromatic amines is 2. The number of ether oxygens (including phenoxy) is 2. The lowest BCUT2D eigenvalue weighted by Gasteiger charge is -2.24. The Kier molecular flexibility index (Phi) is 8.60. The van der Waals surface area contributed by atoms with Crippen molar-refractivity contribution in [2.75, 3.05) is 7.11 Å². The molecule has 0 unspecified atom stereocenters. The molecule has 0 radical (unpaired) electrons. The molecule has 0 spiro atoms. The SMILES string of the molecule is COc1cccc(Cn2c(CCCc3c[nH]c4ccccc34)nnc2[C@@H](Cc2c[nH]c3ccccc23)NC(=O)OC(C)(C)C)c1. The van der Waals surface area contributed by atoms with Crippen LogP contribution in [0.15, 0.2) is 85.2 Å². The van der Waals surface area contributed by atoms with Gasteiger partial charge in [-0.05, 0) is 74.6 Å². The third kappa shape index (κ3) is 7.03. The fourth-order valence-electron chi connectivity index (χ4n) is 5.87. The highest BCUT2D eigenvalue weighted by molar-refractivity contribution is 5.83. The van der Waals surface area contributed by atoms with Crippen molar-refractivity contribution < 1.29 is 14.3 Å². The van der Waals surface area contributed by atoms with Gasteiger partial charge in [0.05, 0.1) is 19.7 Å². The Balaban J connectivity index is 1.34. The molecule has 6 rings (SSSR count). The Hall–Kier alpha value is -5.05. The lowest BCUT2D eigenvalue weighted by atomic mass is 10.0. The summed E-state index contributed by atoms with van der Waals surface area (Å²) in [5.41, 5.74) is 4.95. The number of amides is 1. The van der Waals surface area contributed by atoms with Crippen LogP contribution in [0, 0.1) is 0 Å². The molecule has 45 heavy (non-hydrogen) atoms. The fourth-order valence-corrected chi connectivity index (χ4v) is 5.87. The summed E-state index contributed by atoms with van der Waals surface area (Å²) in [6.45, 7) is 6.11. The van der Waals surface area contributed by atoms with Crippen LogP contribution in [-0.4, -0.2) is 43.5 Å². The zero-order valence-electron chi connectivity index (χ0n) is 26.3. The van der Waals surface area contributed by atoms with Crippen LogP contribution in [0.3, 0.4) is 0 Å². The number of H-pyrrole nitrogens is 2. The monoisotopic (exact) mass is 604 g/mol. The minimum Gasteiger partial charge on any atom is -0.497 e. The van der Waals surface area contributed by atoms with E-state index in [0.29, 0.717) is 18.8 Å². The number of carbonyl (C=O) groups is 1. The normalized spacial score (nSPS) is 12.4. The molecule has 0 saturated carbocycles. The quantitative estimate of drug-likeness (QED) is 0.144. The van der Waals surface area contributed by atoms with E-state index >= 15 is 0 Å². The zero-order valence-corrected chi connectivity index (χ0v) is 26.3. The van der Waals surface area contributed by atoms with Crippen molar-refractivity contribution in [1.29, 1.82) is 0 Å². The summed E-state index contributed by atoms with van der Waals surface area (Å²) in [6, 6.07) is 24.1. The number of alkyl carbamates (subject to hydrolysis) is 1. The summed E-state index contributed by atoms with van der Waals surface area (Å²) in [5.74, 6) is 2.32.